The minimum Gasteiger partial charge on any atom is -0.302 e. The standard InChI is InChI=1S/C18H28N2S/c1-12(2)14-6-3-4-11-18(14,20-13-9-10-13)17-19-15-7-5-8-16(15)21-17/h12-14,20H,3-11H2,1-2H3. The lowest BCUT2D eigenvalue weighted by Crippen LogP contribution is -2.52. The molecule has 2 nitrogen and oxygen atoms in total. The summed E-state index contributed by atoms with van der Waals surface area (Å²) in [5.41, 5.74) is 1.63. The van der Waals surface area contributed by atoms with Gasteiger partial charge in [-0.25, -0.2) is 4.98 Å². The van der Waals surface area contributed by atoms with Crippen LogP contribution in [-0.4, -0.2) is 11.0 Å². The Bertz CT molecular complexity index is 496. The van der Waals surface area contributed by atoms with Gasteiger partial charge in [0.1, 0.15) is 5.01 Å². The summed E-state index contributed by atoms with van der Waals surface area (Å²) in [6.45, 7) is 4.83. The summed E-state index contributed by atoms with van der Waals surface area (Å²) in [5.74, 6) is 1.51. The van der Waals surface area contributed by atoms with Gasteiger partial charge in [0.15, 0.2) is 0 Å². The van der Waals surface area contributed by atoms with Gasteiger partial charge in [0, 0.05) is 10.9 Å². The number of nitrogens with one attached hydrogen (secondary N) is 1. The Balaban J connectivity index is 1.73. The highest BCUT2D eigenvalue weighted by atomic mass is 32.1. The van der Waals surface area contributed by atoms with E-state index in [4.69, 9.17) is 4.98 Å². The molecular formula is C18H28N2S. The molecule has 116 valence electrons. The molecule has 1 N–H and O–H groups in total. The molecule has 3 aliphatic rings. The summed E-state index contributed by atoms with van der Waals surface area (Å²) in [6, 6.07) is 0.767. The highest BCUT2D eigenvalue weighted by molar-refractivity contribution is 7.12. The number of rotatable bonds is 4. The Morgan fingerprint density at radius 2 is 2.00 bits per heavy atom. The van der Waals surface area contributed by atoms with Crippen molar-refractivity contribution in [2.75, 3.05) is 0 Å². The number of aryl methyl sites for hydroxylation is 2. The maximum atomic E-state index is 5.16. The molecule has 2 unspecified atom stereocenters. The largest absolute Gasteiger partial charge is 0.302 e. The molecule has 21 heavy (non-hydrogen) atoms. The van der Waals surface area contributed by atoms with Gasteiger partial charge >= 0.3 is 0 Å². The molecule has 2 fully saturated rings. The van der Waals surface area contributed by atoms with Crippen LogP contribution < -0.4 is 5.32 Å². The highest BCUT2D eigenvalue weighted by Crippen LogP contribution is 2.49. The lowest BCUT2D eigenvalue weighted by Gasteiger charge is -2.46. The Labute approximate surface area is 132 Å². The van der Waals surface area contributed by atoms with E-state index in [-0.39, 0.29) is 5.54 Å². The Hall–Kier alpha value is -0.410. The van der Waals surface area contributed by atoms with Crippen molar-refractivity contribution in [2.24, 2.45) is 11.8 Å². The minimum atomic E-state index is 0.197. The molecule has 1 aromatic heterocycles. The lowest BCUT2D eigenvalue weighted by atomic mass is 9.68. The van der Waals surface area contributed by atoms with E-state index in [2.05, 4.69) is 19.2 Å². The van der Waals surface area contributed by atoms with Gasteiger partial charge in [0.05, 0.1) is 11.2 Å². The highest BCUT2D eigenvalue weighted by Gasteiger charge is 2.48. The van der Waals surface area contributed by atoms with Gasteiger partial charge in [-0.05, 0) is 56.8 Å². The molecule has 1 aromatic rings. The monoisotopic (exact) mass is 304 g/mol. The van der Waals surface area contributed by atoms with E-state index in [0.29, 0.717) is 0 Å². The van der Waals surface area contributed by atoms with Gasteiger partial charge in [-0.15, -0.1) is 11.3 Å². The van der Waals surface area contributed by atoms with Crippen LogP contribution in [0.2, 0.25) is 0 Å². The predicted octanol–water partition coefficient (Wildman–Crippen LogP) is 4.43. The van der Waals surface area contributed by atoms with E-state index in [1.165, 1.54) is 68.5 Å². The molecule has 0 amide bonds. The van der Waals surface area contributed by atoms with E-state index >= 15 is 0 Å². The second kappa shape index (κ2) is 5.34. The third-order valence-electron chi connectivity index (χ3n) is 5.79. The van der Waals surface area contributed by atoms with Gasteiger partial charge in [0.25, 0.3) is 0 Å². The van der Waals surface area contributed by atoms with Crippen molar-refractivity contribution in [3.63, 3.8) is 0 Å². The lowest BCUT2D eigenvalue weighted by molar-refractivity contribution is 0.0975. The first-order valence-corrected chi connectivity index (χ1v) is 9.77. The van der Waals surface area contributed by atoms with Crippen molar-refractivity contribution in [3.8, 4) is 0 Å². The van der Waals surface area contributed by atoms with Crippen molar-refractivity contribution in [1.29, 1.82) is 0 Å². The number of thiazole rings is 1. The van der Waals surface area contributed by atoms with Crippen LogP contribution >= 0.6 is 11.3 Å². The van der Waals surface area contributed by atoms with Gasteiger partial charge < -0.3 is 5.32 Å². The first kappa shape index (κ1) is 14.2. The topological polar surface area (TPSA) is 24.9 Å². The fourth-order valence-corrected chi connectivity index (χ4v) is 5.98. The Morgan fingerprint density at radius 1 is 1.14 bits per heavy atom. The number of hydrogen-bond acceptors (Lipinski definition) is 3. The maximum Gasteiger partial charge on any atom is 0.114 e. The molecule has 0 aliphatic heterocycles. The van der Waals surface area contributed by atoms with Crippen molar-refractivity contribution in [3.05, 3.63) is 15.6 Å². The zero-order chi connectivity index (χ0) is 14.4. The van der Waals surface area contributed by atoms with E-state index in [1.807, 2.05) is 11.3 Å². The zero-order valence-corrected chi connectivity index (χ0v) is 14.3. The normalized spacial score (nSPS) is 32.6. The zero-order valence-electron chi connectivity index (χ0n) is 13.5. The van der Waals surface area contributed by atoms with Crippen LogP contribution in [0.15, 0.2) is 0 Å². The van der Waals surface area contributed by atoms with Gasteiger partial charge in [-0.1, -0.05) is 26.7 Å². The molecule has 2 saturated carbocycles. The molecule has 0 saturated heterocycles. The predicted molar refractivity (Wildman–Crippen MR) is 88.8 cm³/mol. The molecule has 3 aliphatic carbocycles. The molecule has 1 heterocycles. The van der Waals surface area contributed by atoms with E-state index in [9.17, 15) is 0 Å². The van der Waals surface area contributed by atoms with Crippen molar-refractivity contribution in [2.45, 2.75) is 83.2 Å². The summed E-state index contributed by atoms with van der Waals surface area (Å²) in [4.78, 5) is 6.75. The summed E-state index contributed by atoms with van der Waals surface area (Å²) in [7, 11) is 0. The molecule has 0 spiro atoms. The van der Waals surface area contributed by atoms with Crippen LogP contribution in [0, 0.1) is 11.8 Å². The molecular weight excluding hydrogens is 276 g/mol. The van der Waals surface area contributed by atoms with Crippen LogP contribution in [0.4, 0.5) is 0 Å². The molecule has 3 heteroatoms. The SMILES string of the molecule is CC(C)C1CCCCC1(NC1CC1)c1nc2c(s1)CCC2. The number of fused-ring (bicyclic) bond motifs is 1. The van der Waals surface area contributed by atoms with Crippen molar-refractivity contribution < 1.29 is 0 Å². The third kappa shape index (κ3) is 2.46. The summed E-state index contributed by atoms with van der Waals surface area (Å²) >= 11 is 2.04. The van der Waals surface area contributed by atoms with Crippen molar-refractivity contribution in [1.82, 2.24) is 10.3 Å². The third-order valence-corrected chi connectivity index (χ3v) is 7.13. The molecule has 0 radical (unpaired) electrons. The first-order chi connectivity index (χ1) is 10.2. The summed E-state index contributed by atoms with van der Waals surface area (Å²) in [5, 5.41) is 5.53. The molecule has 0 aromatic carbocycles. The van der Waals surface area contributed by atoms with Crippen LogP contribution in [0.5, 0.6) is 0 Å². The average molecular weight is 305 g/mol. The second-order valence-electron chi connectivity index (χ2n) is 7.73. The van der Waals surface area contributed by atoms with Crippen LogP contribution in [0.25, 0.3) is 0 Å². The minimum absolute atomic E-state index is 0.197. The quantitative estimate of drug-likeness (QED) is 0.890. The summed E-state index contributed by atoms with van der Waals surface area (Å²) < 4.78 is 0. The fraction of sp³-hybridized carbons (Fsp3) is 0.833. The van der Waals surface area contributed by atoms with Gasteiger partial charge in [0.2, 0.25) is 0 Å². The van der Waals surface area contributed by atoms with E-state index < -0.39 is 0 Å². The number of nitrogens with zero attached hydrogens (tertiary/aromatic N) is 1. The molecule has 0 bridgehead atoms. The van der Waals surface area contributed by atoms with Crippen LogP contribution in [-0.2, 0) is 18.4 Å². The van der Waals surface area contributed by atoms with E-state index in [0.717, 1.165) is 17.9 Å². The second-order valence-corrected chi connectivity index (χ2v) is 8.81. The van der Waals surface area contributed by atoms with Crippen LogP contribution in [0.3, 0.4) is 0 Å². The van der Waals surface area contributed by atoms with Crippen LogP contribution in [0.1, 0.15) is 74.4 Å². The van der Waals surface area contributed by atoms with E-state index in [1.54, 1.807) is 4.88 Å². The average Bonchev–Trinajstić information content (AvgIpc) is 2.99. The summed E-state index contributed by atoms with van der Waals surface area (Å²) in [6.07, 6.45) is 12.0. The Kier molecular flexibility index (Phi) is 3.61. The number of hydrogen-bond donors (Lipinski definition) is 1. The molecule has 4 rings (SSSR count). The Morgan fingerprint density at radius 3 is 2.71 bits per heavy atom. The molecule has 2 atom stereocenters. The smallest absolute Gasteiger partial charge is 0.114 e. The number of aromatic nitrogens is 1. The van der Waals surface area contributed by atoms with Gasteiger partial charge in [-0.3, -0.25) is 0 Å². The van der Waals surface area contributed by atoms with Gasteiger partial charge in [-0.2, -0.15) is 0 Å². The fourth-order valence-electron chi connectivity index (χ4n) is 4.58. The van der Waals surface area contributed by atoms with Crippen molar-refractivity contribution >= 4 is 11.3 Å². The maximum absolute atomic E-state index is 5.16. The first-order valence-electron chi connectivity index (χ1n) is 8.96.